The molecule has 0 fully saturated rings. The Morgan fingerprint density at radius 3 is 2.54 bits per heavy atom. The maximum atomic E-state index is 12.8. The Labute approximate surface area is 140 Å². The maximum Gasteiger partial charge on any atom is 0.273 e. The average Bonchev–Trinajstić information content (AvgIpc) is 2.50. The lowest BCUT2D eigenvalue weighted by atomic mass is 9.69. The summed E-state index contributed by atoms with van der Waals surface area (Å²) in [6.07, 6.45) is 1.10. The van der Waals surface area contributed by atoms with E-state index in [1.54, 1.807) is 30.1 Å². The van der Waals surface area contributed by atoms with Crippen molar-refractivity contribution in [1.82, 2.24) is 4.90 Å². The molecule has 2 aliphatic rings. The highest BCUT2D eigenvalue weighted by atomic mass is 16.6. The number of para-hydroxylation sites is 1. The van der Waals surface area contributed by atoms with Crippen molar-refractivity contribution in [3.63, 3.8) is 0 Å². The van der Waals surface area contributed by atoms with Crippen LogP contribution < -0.4 is 0 Å². The first-order valence-corrected chi connectivity index (χ1v) is 7.97. The molecule has 1 aliphatic carbocycles. The summed E-state index contributed by atoms with van der Waals surface area (Å²) in [4.78, 5) is 37.7. The fourth-order valence-corrected chi connectivity index (χ4v) is 3.77. The highest BCUT2D eigenvalue weighted by molar-refractivity contribution is 6.02. The number of nitrogens with zero attached hydrogens (tertiary/aromatic N) is 2. The zero-order chi connectivity index (χ0) is 17.6. The highest BCUT2D eigenvalue weighted by Crippen LogP contribution is 2.47. The van der Waals surface area contributed by atoms with Gasteiger partial charge in [0.2, 0.25) is 5.91 Å². The van der Waals surface area contributed by atoms with Crippen molar-refractivity contribution in [2.75, 3.05) is 7.05 Å². The minimum Gasteiger partial charge on any atom is -0.319 e. The summed E-state index contributed by atoms with van der Waals surface area (Å²) < 4.78 is 0. The van der Waals surface area contributed by atoms with Crippen molar-refractivity contribution in [1.29, 1.82) is 0 Å². The average molecular weight is 328 g/mol. The van der Waals surface area contributed by atoms with Gasteiger partial charge < -0.3 is 4.90 Å². The quantitative estimate of drug-likeness (QED) is 0.617. The molecule has 0 aromatic heterocycles. The summed E-state index contributed by atoms with van der Waals surface area (Å²) in [6.45, 7) is 4.00. The van der Waals surface area contributed by atoms with Crippen LogP contribution in [0.25, 0.3) is 0 Å². The van der Waals surface area contributed by atoms with E-state index in [2.05, 4.69) is 0 Å². The predicted molar refractivity (Wildman–Crippen MR) is 88.3 cm³/mol. The largest absolute Gasteiger partial charge is 0.319 e. The number of allylic oxidation sites excluding steroid dienone is 2. The van der Waals surface area contributed by atoms with Crippen molar-refractivity contribution in [2.45, 2.75) is 39.0 Å². The Kier molecular flexibility index (Phi) is 3.78. The minimum absolute atomic E-state index is 0.0104. The van der Waals surface area contributed by atoms with Gasteiger partial charge in [0.05, 0.1) is 4.92 Å². The first-order chi connectivity index (χ1) is 11.2. The second kappa shape index (κ2) is 5.54. The summed E-state index contributed by atoms with van der Waals surface area (Å²) >= 11 is 0. The predicted octanol–water partition coefficient (Wildman–Crippen LogP) is 3.18. The molecule has 1 atom stereocenters. The number of carbonyl (C=O) groups is 2. The van der Waals surface area contributed by atoms with Gasteiger partial charge in [-0.2, -0.15) is 0 Å². The molecule has 3 rings (SSSR count). The first-order valence-electron chi connectivity index (χ1n) is 7.97. The van der Waals surface area contributed by atoms with Gasteiger partial charge in [-0.25, -0.2) is 0 Å². The molecule has 0 unspecified atom stereocenters. The summed E-state index contributed by atoms with van der Waals surface area (Å²) in [5.41, 5.74) is 1.49. The summed E-state index contributed by atoms with van der Waals surface area (Å²) in [5, 5.41) is 11.4. The second-order valence-electron chi connectivity index (χ2n) is 7.33. The van der Waals surface area contributed by atoms with Gasteiger partial charge in [-0.1, -0.05) is 32.0 Å². The van der Waals surface area contributed by atoms with E-state index in [9.17, 15) is 19.7 Å². The molecule has 6 nitrogen and oxygen atoms in total. The number of Topliss-reactive ketones (excluding diaryl/α,β-unsaturated/α-hetero) is 1. The fraction of sp³-hybridized carbons (Fsp3) is 0.444. The van der Waals surface area contributed by atoms with E-state index in [-0.39, 0.29) is 29.2 Å². The van der Waals surface area contributed by atoms with Crippen LogP contribution in [0, 0.1) is 15.5 Å². The van der Waals surface area contributed by atoms with E-state index >= 15 is 0 Å². The number of hydrogen-bond acceptors (Lipinski definition) is 4. The Bertz CT molecular complexity index is 779. The third kappa shape index (κ3) is 2.62. The molecule has 6 heteroatoms. The summed E-state index contributed by atoms with van der Waals surface area (Å²) in [5.74, 6) is -0.653. The molecule has 0 spiro atoms. The van der Waals surface area contributed by atoms with Crippen LogP contribution in [0.3, 0.4) is 0 Å². The first kappa shape index (κ1) is 16.4. The number of carbonyl (C=O) groups excluding carboxylic acids is 2. The van der Waals surface area contributed by atoms with Gasteiger partial charge in [0.1, 0.15) is 0 Å². The van der Waals surface area contributed by atoms with E-state index in [1.807, 2.05) is 13.8 Å². The van der Waals surface area contributed by atoms with E-state index in [1.165, 1.54) is 6.07 Å². The van der Waals surface area contributed by atoms with Crippen LogP contribution in [0.15, 0.2) is 35.5 Å². The number of nitro benzene ring substituents is 1. The molecular weight excluding hydrogens is 308 g/mol. The van der Waals surface area contributed by atoms with Crippen LogP contribution in [-0.4, -0.2) is 28.6 Å². The van der Waals surface area contributed by atoms with Crippen LogP contribution in [0.5, 0.6) is 0 Å². The van der Waals surface area contributed by atoms with E-state index in [0.717, 1.165) is 5.70 Å². The summed E-state index contributed by atoms with van der Waals surface area (Å²) in [6, 6.07) is 6.39. The zero-order valence-corrected chi connectivity index (χ0v) is 14.0. The topological polar surface area (TPSA) is 80.5 Å². The molecule has 1 aromatic rings. The molecule has 1 heterocycles. The third-order valence-corrected chi connectivity index (χ3v) is 4.91. The van der Waals surface area contributed by atoms with Gasteiger partial charge in [-0.05, 0) is 11.8 Å². The van der Waals surface area contributed by atoms with Crippen LogP contribution in [0.1, 0.15) is 44.6 Å². The maximum absolute atomic E-state index is 12.8. The van der Waals surface area contributed by atoms with Crippen molar-refractivity contribution < 1.29 is 14.5 Å². The second-order valence-corrected chi connectivity index (χ2v) is 7.33. The molecule has 24 heavy (non-hydrogen) atoms. The highest BCUT2D eigenvalue weighted by Gasteiger charge is 2.44. The Balaban J connectivity index is 2.19. The molecule has 126 valence electrons. The van der Waals surface area contributed by atoms with Crippen molar-refractivity contribution in [3.05, 3.63) is 51.2 Å². The third-order valence-electron chi connectivity index (χ3n) is 4.91. The van der Waals surface area contributed by atoms with Gasteiger partial charge in [0.15, 0.2) is 5.78 Å². The molecular formula is C18H20N2O4. The van der Waals surface area contributed by atoms with E-state index in [4.69, 9.17) is 0 Å². The number of nitro groups is 1. The molecule has 0 saturated heterocycles. The normalized spacial score (nSPS) is 23.3. The van der Waals surface area contributed by atoms with Crippen molar-refractivity contribution >= 4 is 17.4 Å². The van der Waals surface area contributed by atoms with Crippen molar-refractivity contribution in [2.24, 2.45) is 5.41 Å². The van der Waals surface area contributed by atoms with Gasteiger partial charge in [0.25, 0.3) is 5.69 Å². The van der Waals surface area contributed by atoms with Crippen molar-refractivity contribution in [3.8, 4) is 0 Å². The number of hydrogen-bond donors (Lipinski definition) is 0. The van der Waals surface area contributed by atoms with Crippen LogP contribution in [0.4, 0.5) is 5.69 Å². The van der Waals surface area contributed by atoms with E-state index in [0.29, 0.717) is 24.0 Å². The van der Waals surface area contributed by atoms with Crippen LogP contribution in [0.2, 0.25) is 0 Å². The Morgan fingerprint density at radius 1 is 1.21 bits per heavy atom. The monoisotopic (exact) mass is 328 g/mol. The molecule has 0 N–H and O–H groups in total. The lowest BCUT2D eigenvalue weighted by Crippen LogP contribution is -2.41. The molecule has 0 saturated carbocycles. The van der Waals surface area contributed by atoms with E-state index < -0.39 is 10.8 Å². The fourth-order valence-electron chi connectivity index (χ4n) is 3.77. The lowest BCUT2D eigenvalue weighted by molar-refractivity contribution is -0.385. The van der Waals surface area contributed by atoms with Gasteiger partial charge in [0, 0.05) is 48.7 Å². The van der Waals surface area contributed by atoms with Crippen LogP contribution >= 0.6 is 0 Å². The molecule has 0 radical (unpaired) electrons. The summed E-state index contributed by atoms with van der Waals surface area (Å²) in [7, 11) is 1.68. The number of amides is 1. The number of rotatable bonds is 2. The molecule has 1 amide bonds. The molecule has 0 bridgehead atoms. The minimum atomic E-state index is -0.533. The smallest absolute Gasteiger partial charge is 0.273 e. The standard InChI is InChI=1S/C18H20N2O4/c1-18(2)9-14-17(15(21)10-18)12(8-16(22)19(14)3)11-6-4-5-7-13(11)20(23)24/h4-7,12H,8-10H2,1-3H3/t12-/m1/s1. The van der Waals surface area contributed by atoms with Gasteiger partial charge in [-0.3, -0.25) is 19.7 Å². The Hall–Kier alpha value is -2.50. The van der Waals surface area contributed by atoms with Crippen LogP contribution in [-0.2, 0) is 9.59 Å². The lowest BCUT2D eigenvalue weighted by Gasteiger charge is -2.41. The van der Waals surface area contributed by atoms with Gasteiger partial charge in [-0.15, -0.1) is 0 Å². The van der Waals surface area contributed by atoms with Gasteiger partial charge >= 0.3 is 0 Å². The Morgan fingerprint density at radius 2 is 1.88 bits per heavy atom. The zero-order valence-electron chi connectivity index (χ0n) is 14.0. The SMILES string of the molecule is CN1C(=O)C[C@H](c2ccccc2[N+](=O)[O-])C2=C1CC(C)(C)CC2=O. The number of ketones is 1. The molecule has 1 aliphatic heterocycles. The number of benzene rings is 1. The molecule has 1 aromatic carbocycles.